The second-order valence-electron chi connectivity index (χ2n) is 14.1. The van der Waals surface area contributed by atoms with Crippen LogP contribution in [0.25, 0.3) is 11.1 Å². The third kappa shape index (κ3) is 5.61. The van der Waals surface area contributed by atoms with E-state index in [-0.39, 0.29) is 5.41 Å². The van der Waals surface area contributed by atoms with E-state index < -0.39 is 14.5 Å². The van der Waals surface area contributed by atoms with Crippen LogP contribution in [0, 0.1) is 0 Å². The van der Waals surface area contributed by atoms with E-state index in [0.29, 0.717) is 0 Å². The molecular weight excluding hydrogens is 675 g/mol. The minimum atomic E-state index is -2.32. The lowest BCUT2D eigenvalue weighted by atomic mass is 9.82. The molecule has 0 nitrogen and oxygen atoms in total. The largest absolute Gasteiger partial charge is 0.113 e. The topological polar surface area (TPSA) is 0 Å². The standard InChI is InChI=1S/C51H42P2/c1-7-23-41(24-8-1)52(42-25-9-2-10-26-42,43-27-11-3-12-28-43)39-51(49-37-21-19-35-47(49)48-36-20-22-38-50(48)51)40-53(44-29-13-4-14-30-44,45-31-15-5-16-32-45)46-33-17-6-18-34-46/h1-38H,39-40H2/q+2. The van der Waals surface area contributed by atoms with Crippen LogP contribution in [-0.4, -0.2) is 12.3 Å². The van der Waals surface area contributed by atoms with Gasteiger partial charge in [-0.1, -0.05) is 158 Å². The summed E-state index contributed by atoms with van der Waals surface area (Å²) in [4.78, 5) is 0. The lowest BCUT2D eigenvalue weighted by molar-refractivity contribution is 0.677. The van der Waals surface area contributed by atoms with Crippen LogP contribution in [0.1, 0.15) is 11.1 Å². The van der Waals surface area contributed by atoms with E-state index in [0.717, 1.165) is 12.3 Å². The first kappa shape index (κ1) is 33.5. The van der Waals surface area contributed by atoms with E-state index in [2.05, 4.69) is 231 Å². The van der Waals surface area contributed by atoms with Crippen molar-refractivity contribution < 1.29 is 0 Å². The fourth-order valence-electron chi connectivity index (χ4n) is 9.15. The van der Waals surface area contributed by atoms with Gasteiger partial charge in [0.1, 0.15) is 46.4 Å². The molecule has 8 aromatic rings. The zero-order chi connectivity index (χ0) is 35.6. The monoisotopic (exact) mass is 716 g/mol. The number of hydrogen-bond acceptors (Lipinski definition) is 0. The molecule has 0 N–H and O–H groups in total. The van der Waals surface area contributed by atoms with Gasteiger partial charge < -0.3 is 0 Å². The molecule has 53 heavy (non-hydrogen) atoms. The van der Waals surface area contributed by atoms with Gasteiger partial charge in [-0.3, -0.25) is 0 Å². The summed E-state index contributed by atoms with van der Waals surface area (Å²) in [6.45, 7) is 0. The minimum absolute atomic E-state index is 0.349. The lowest BCUT2D eigenvalue weighted by Crippen LogP contribution is -2.47. The second-order valence-corrected chi connectivity index (χ2v) is 21.1. The van der Waals surface area contributed by atoms with Gasteiger partial charge in [0.25, 0.3) is 0 Å². The van der Waals surface area contributed by atoms with Crippen LogP contribution < -0.4 is 31.8 Å². The van der Waals surface area contributed by atoms with Crippen molar-refractivity contribution >= 4 is 46.4 Å². The zero-order valence-electron chi connectivity index (χ0n) is 29.7. The normalized spacial score (nSPS) is 13.2. The average Bonchev–Trinajstić information content (AvgIpc) is 3.52. The summed E-state index contributed by atoms with van der Waals surface area (Å²) in [5.74, 6) is 0. The van der Waals surface area contributed by atoms with Gasteiger partial charge in [0.15, 0.2) is 0 Å². The van der Waals surface area contributed by atoms with Crippen molar-refractivity contribution in [2.75, 3.05) is 12.3 Å². The SMILES string of the molecule is c1ccc([P+](CC2(C[P+](c3ccccc3)(c3ccccc3)c3ccccc3)c3ccccc3-c3ccccc32)(c2ccccc2)c2ccccc2)cc1. The molecule has 0 saturated carbocycles. The first-order chi connectivity index (χ1) is 26.3. The highest BCUT2D eigenvalue weighted by Gasteiger charge is 2.62. The molecule has 0 heterocycles. The fraction of sp³-hybridized carbons (Fsp3) is 0.0588. The number of fused-ring (bicyclic) bond motifs is 3. The van der Waals surface area contributed by atoms with E-state index in [4.69, 9.17) is 0 Å². The van der Waals surface area contributed by atoms with Gasteiger partial charge in [-0.25, -0.2) is 0 Å². The zero-order valence-corrected chi connectivity index (χ0v) is 31.5. The van der Waals surface area contributed by atoms with E-state index in [1.165, 1.54) is 54.1 Å². The summed E-state index contributed by atoms with van der Waals surface area (Å²) in [5.41, 5.74) is 5.27. The summed E-state index contributed by atoms with van der Waals surface area (Å²) < 4.78 is 0. The smallest absolute Gasteiger partial charge is 0.0620 e. The van der Waals surface area contributed by atoms with Crippen molar-refractivity contribution in [1.29, 1.82) is 0 Å². The van der Waals surface area contributed by atoms with E-state index >= 15 is 0 Å². The Morgan fingerprint density at radius 1 is 0.245 bits per heavy atom. The van der Waals surface area contributed by atoms with Gasteiger partial charge in [0.05, 0.1) is 17.7 Å². The van der Waals surface area contributed by atoms with Crippen LogP contribution in [0.15, 0.2) is 231 Å². The van der Waals surface area contributed by atoms with Crippen LogP contribution in [0.2, 0.25) is 0 Å². The van der Waals surface area contributed by atoms with Crippen LogP contribution in [0.3, 0.4) is 0 Å². The van der Waals surface area contributed by atoms with Crippen molar-refractivity contribution in [1.82, 2.24) is 0 Å². The lowest BCUT2D eigenvalue weighted by Gasteiger charge is -2.41. The maximum Gasteiger partial charge on any atom is 0.113 e. The molecule has 0 unspecified atom stereocenters. The molecule has 2 heteroatoms. The van der Waals surface area contributed by atoms with Gasteiger partial charge in [0, 0.05) is 0 Å². The van der Waals surface area contributed by atoms with E-state index in [9.17, 15) is 0 Å². The van der Waals surface area contributed by atoms with Gasteiger partial charge in [-0.15, -0.1) is 0 Å². The highest BCUT2D eigenvalue weighted by molar-refractivity contribution is 7.96. The maximum absolute atomic E-state index is 2.46. The van der Waals surface area contributed by atoms with Crippen LogP contribution in [0.5, 0.6) is 0 Å². The molecule has 0 fully saturated rings. The molecule has 8 aromatic carbocycles. The van der Waals surface area contributed by atoms with Crippen LogP contribution in [-0.2, 0) is 5.41 Å². The Hall–Kier alpha value is -5.38. The van der Waals surface area contributed by atoms with Crippen molar-refractivity contribution in [2.45, 2.75) is 5.41 Å². The van der Waals surface area contributed by atoms with Crippen molar-refractivity contribution in [3.05, 3.63) is 242 Å². The Morgan fingerprint density at radius 2 is 0.453 bits per heavy atom. The molecule has 254 valence electrons. The summed E-state index contributed by atoms with van der Waals surface area (Å²) in [6.07, 6.45) is 1.92. The molecule has 0 bridgehead atoms. The molecule has 0 radical (unpaired) electrons. The van der Waals surface area contributed by atoms with Crippen molar-refractivity contribution in [3.8, 4) is 11.1 Å². The summed E-state index contributed by atoms with van der Waals surface area (Å²) in [5, 5.41) is 8.51. The number of hydrogen-bond donors (Lipinski definition) is 0. The van der Waals surface area contributed by atoms with E-state index in [1.54, 1.807) is 0 Å². The molecule has 0 aliphatic heterocycles. The summed E-state index contributed by atoms with van der Waals surface area (Å²) in [6, 6.07) is 87.5. The average molecular weight is 717 g/mol. The van der Waals surface area contributed by atoms with Crippen molar-refractivity contribution in [2.24, 2.45) is 0 Å². The second kappa shape index (κ2) is 14.2. The van der Waals surface area contributed by atoms with Crippen LogP contribution >= 0.6 is 14.5 Å². The Morgan fingerprint density at radius 3 is 0.698 bits per heavy atom. The molecule has 0 amide bonds. The molecular formula is C51H42P2+2. The fourth-order valence-corrected chi connectivity index (χ4v) is 18.8. The van der Waals surface area contributed by atoms with Gasteiger partial charge in [-0.2, -0.15) is 0 Å². The molecule has 0 spiro atoms. The molecule has 9 rings (SSSR count). The number of benzene rings is 8. The highest BCUT2D eigenvalue weighted by Crippen LogP contribution is 2.69. The predicted octanol–water partition coefficient (Wildman–Crippen LogP) is 9.94. The summed E-state index contributed by atoms with van der Waals surface area (Å²) >= 11 is 0. The van der Waals surface area contributed by atoms with Gasteiger partial charge in [0.2, 0.25) is 0 Å². The molecule has 1 aliphatic carbocycles. The Kier molecular flexibility index (Phi) is 8.97. The number of rotatable bonds is 10. The van der Waals surface area contributed by atoms with E-state index in [1.807, 2.05) is 0 Å². The van der Waals surface area contributed by atoms with Crippen LogP contribution in [0.4, 0.5) is 0 Å². The molecule has 0 atom stereocenters. The highest BCUT2D eigenvalue weighted by atomic mass is 31.2. The molecule has 0 aromatic heterocycles. The molecule has 1 aliphatic rings. The Labute approximate surface area is 315 Å². The summed E-state index contributed by atoms with van der Waals surface area (Å²) in [7, 11) is -4.64. The third-order valence-electron chi connectivity index (χ3n) is 11.4. The Bertz CT molecular complexity index is 2060. The first-order valence-electron chi connectivity index (χ1n) is 18.6. The first-order valence-corrected chi connectivity index (χ1v) is 22.5. The third-order valence-corrected chi connectivity index (χ3v) is 20.5. The predicted molar refractivity (Wildman–Crippen MR) is 233 cm³/mol. The van der Waals surface area contributed by atoms with Crippen molar-refractivity contribution in [3.63, 3.8) is 0 Å². The molecule has 0 saturated heterocycles. The van der Waals surface area contributed by atoms with Gasteiger partial charge in [-0.05, 0) is 95.1 Å². The maximum atomic E-state index is 2.46. The Balaban J connectivity index is 1.44. The minimum Gasteiger partial charge on any atom is -0.0620 e. The van der Waals surface area contributed by atoms with Gasteiger partial charge >= 0.3 is 0 Å². The quantitative estimate of drug-likeness (QED) is 0.124.